The minimum atomic E-state index is 0. The molecular formula is C20H24Br2N2O. The first-order valence-corrected chi connectivity index (χ1v) is 8.12. The molecule has 0 amide bonds. The van der Waals surface area contributed by atoms with E-state index in [9.17, 15) is 0 Å². The molecule has 0 aliphatic carbocycles. The Morgan fingerprint density at radius 1 is 0.760 bits per heavy atom. The van der Waals surface area contributed by atoms with E-state index in [1.807, 2.05) is 0 Å². The lowest BCUT2D eigenvalue weighted by atomic mass is 10.0. The number of pyridine rings is 1. The van der Waals surface area contributed by atoms with E-state index in [1.165, 1.54) is 35.9 Å². The zero-order valence-electron chi connectivity index (χ0n) is 14.0. The first kappa shape index (κ1) is 21.6. The molecule has 1 aliphatic heterocycles. The van der Waals surface area contributed by atoms with Gasteiger partial charge in [0.15, 0.2) is 0 Å². The van der Waals surface area contributed by atoms with E-state index in [2.05, 4.69) is 65.6 Å². The van der Waals surface area contributed by atoms with Crippen molar-refractivity contribution < 1.29 is 5.48 Å². The molecule has 0 atom stereocenters. The van der Waals surface area contributed by atoms with Gasteiger partial charge in [0.1, 0.15) is 0 Å². The molecule has 3 aromatic rings. The topological polar surface area (TPSA) is 47.6 Å². The van der Waals surface area contributed by atoms with Gasteiger partial charge in [-0.1, -0.05) is 48.5 Å². The van der Waals surface area contributed by atoms with Gasteiger partial charge in [0.2, 0.25) is 0 Å². The van der Waals surface area contributed by atoms with E-state index in [4.69, 9.17) is 4.98 Å². The monoisotopic (exact) mass is 466 g/mol. The van der Waals surface area contributed by atoms with Crippen LogP contribution in [0.25, 0.3) is 22.2 Å². The van der Waals surface area contributed by atoms with Gasteiger partial charge in [-0.25, -0.2) is 4.98 Å². The summed E-state index contributed by atoms with van der Waals surface area (Å²) in [4.78, 5) is 7.40. The van der Waals surface area contributed by atoms with Crippen LogP contribution < -0.4 is 4.90 Å². The molecule has 25 heavy (non-hydrogen) atoms. The highest BCUT2D eigenvalue weighted by molar-refractivity contribution is 8.93. The molecule has 0 spiro atoms. The number of rotatable bonds is 2. The number of aromatic nitrogens is 1. The smallest absolute Gasteiger partial charge is 0.0730 e. The maximum absolute atomic E-state index is 4.87. The molecule has 0 radical (unpaired) electrons. The standard InChI is InChI=1S/C20H20N2.2BrH.H2O/c1-3-9-16(10-4-1)19-15-20(22-13-7-2-8-14-22)17-11-5-6-12-18(17)21-19;;;/h1,3-6,9-12,15H,2,7-8,13-14H2;2*1H;1H2. The van der Waals surface area contributed by atoms with Crippen molar-refractivity contribution in [1.82, 2.24) is 4.98 Å². The Morgan fingerprint density at radius 2 is 1.40 bits per heavy atom. The molecule has 0 unspecified atom stereocenters. The number of nitrogens with zero attached hydrogens (tertiary/aromatic N) is 2. The Morgan fingerprint density at radius 3 is 2.12 bits per heavy atom. The highest BCUT2D eigenvalue weighted by Gasteiger charge is 2.15. The van der Waals surface area contributed by atoms with Gasteiger partial charge in [0, 0.05) is 29.7 Å². The number of piperidine rings is 1. The summed E-state index contributed by atoms with van der Waals surface area (Å²) in [5.74, 6) is 0. The third-order valence-electron chi connectivity index (χ3n) is 4.46. The van der Waals surface area contributed by atoms with Crippen molar-refractivity contribution >= 4 is 50.6 Å². The normalized spacial score (nSPS) is 13.4. The summed E-state index contributed by atoms with van der Waals surface area (Å²) < 4.78 is 0. The van der Waals surface area contributed by atoms with Crippen molar-refractivity contribution in [3.63, 3.8) is 0 Å². The number of anilines is 1. The van der Waals surface area contributed by atoms with E-state index in [0.717, 1.165) is 24.3 Å². The Hall–Kier alpha value is -1.43. The molecule has 1 saturated heterocycles. The van der Waals surface area contributed by atoms with Crippen LogP contribution in [-0.2, 0) is 0 Å². The summed E-state index contributed by atoms with van der Waals surface area (Å²) in [6.45, 7) is 2.31. The Kier molecular flexibility index (Phi) is 8.56. The minimum Gasteiger partial charge on any atom is -0.412 e. The van der Waals surface area contributed by atoms with Gasteiger partial charge < -0.3 is 10.4 Å². The van der Waals surface area contributed by atoms with Crippen LogP contribution >= 0.6 is 34.0 Å². The average Bonchev–Trinajstić information content (AvgIpc) is 2.62. The van der Waals surface area contributed by atoms with Crippen LogP contribution in [0, 0.1) is 0 Å². The summed E-state index contributed by atoms with van der Waals surface area (Å²) in [5.41, 5.74) is 4.68. The number of halogens is 2. The molecule has 1 aromatic heterocycles. The lowest BCUT2D eigenvalue weighted by Crippen LogP contribution is -2.29. The lowest BCUT2D eigenvalue weighted by Gasteiger charge is -2.30. The fraction of sp³-hybridized carbons (Fsp3) is 0.250. The minimum absolute atomic E-state index is 0. The van der Waals surface area contributed by atoms with Gasteiger partial charge in [0.05, 0.1) is 11.2 Å². The molecule has 4 rings (SSSR count). The molecule has 2 N–H and O–H groups in total. The van der Waals surface area contributed by atoms with Gasteiger partial charge in [-0.15, -0.1) is 34.0 Å². The third-order valence-corrected chi connectivity index (χ3v) is 4.46. The maximum atomic E-state index is 4.87. The second kappa shape index (κ2) is 9.90. The van der Waals surface area contributed by atoms with Crippen LogP contribution in [0.15, 0.2) is 60.7 Å². The fourth-order valence-corrected chi connectivity index (χ4v) is 3.31. The molecule has 2 aromatic carbocycles. The molecule has 0 saturated carbocycles. The Bertz CT molecular complexity index is 790. The van der Waals surface area contributed by atoms with Crippen molar-refractivity contribution in [3.05, 3.63) is 60.7 Å². The number of hydrogen-bond acceptors (Lipinski definition) is 2. The summed E-state index contributed by atoms with van der Waals surface area (Å²) in [6.07, 6.45) is 3.93. The van der Waals surface area contributed by atoms with Crippen molar-refractivity contribution in [2.75, 3.05) is 18.0 Å². The molecule has 1 fully saturated rings. The van der Waals surface area contributed by atoms with Gasteiger partial charge >= 0.3 is 0 Å². The van der Waals surface area contributed by atoms with E-state index < -0.39 is 0 Å². The highest BCUT2D eigenvalue weighted by atomic mass is 79.9. The first-order valence-electron chi connectivity index (χ1n) is 8.12. The number of fused-ring (bicyclic) bond motifs is 1. The molecule has 5 heteroatoms. The van der Waals surface area contributed by atoms with E-state index in [0.29, 0.717) is 0 Å². The zero-order chi connectivity index (χ0) is 14.8. The summed E-state index contributed by atoms with van der Waals surface area (Å²) in [7, 11) is 0. The SMILES string of the molecule is Br.Br.O.c1ccc(-c2cc(N3CCCCC3)c3ccccc3n2)cc1. The number of para-hydroxylation sites is 1. The second-order valence-corrected chi connectivity index (χ2v) is 5.96. The van der Waals surface area contributed by atoms with Crippen molar-refractivity contribution in [2.24, 2.45) is 0 Å². The second-order valence-electron chi connectivity index (χ2n) is 5.96. The van der Waals surface area contributed by atoms with Gasteiger partial charge in [0.25, 0.3) is 0 Å². The summed E-state index contributed by atoms with van der Waals surface area (Å²) >= 11 is 0. The van der Waals surface area contributed by atoms with Crippen LogP contribution in [-0.4, -0.2) is 23.5 Å². The van der Waals surface area contributed by atoms with Crippen LogP contribution in [0.1, 0.15) is 19.3 Å². The maximum Gasteiger partial charge on any atom is 0.0730 e. The van der Waals surface area contributed by atoms with Crippen molar-refractivity contribution in [1.29, 1.82) is 0 Å². The number of hydrogen-bond donors (Lipinski definition) is 0. The predicted molar refractivity (Wildman–Crippen MR) is 118 cm³/mol. The van der Waals surface area contributed by atoms with Crippen LogP contribution in [0.4, 0.5) is 5.69 Å². The zero-order valence-corrected chi connectivity index (χ0v) is 17.4. The third kappa shape index (κ3) is 4.60. The summed E-state index contributed by atoms with van der Waals surface area (Å²) in [6, 6.07) is 21.2. The van der Waals surface area contributed by atoms with Crippen LogP contribution in [0.5, 0.6) is 0 Å². The fourth-order valence-electron chi connectivity index (χ4n) is 3.31. The van der Waals surface area contributed by atoms with E-state index in [1.54, 1.807) is 0 Å². The number of benzene rings is 2. The van der Waals surface area contributed by atoms with Gasteiger partial charge in [-0.3, -0.25) is 0 Å². The predicted octanol–water partition coefficient (Wildman–Crippen LogP) is 5.22. The quantitative estimate of drug-likeness (QED) is 0.518. The summed E-state index contributed by atoms with van der Waals surface area (Å²) in [5, 5.41) is 1.27. The van der Waals surface area contributed by atoms with Crippen molar-refractivity contribution in [3.8, 4) is 11.3 Å². The molecular weight excluding hydrogens is 444 g/mol. The van der Waals surface area contributed by atoms with E-state index in [-0.39, 0.29) is 39.4 Å². The Balaban J connectivity index is 0.00000104. The molecule has 134 valence electrons. The first-order chi connectivity index (χ1) is 10.9. The van der Waals surface area contributed by atoms with E-state index >= 15 is 0 Å². The molecule has 1 aliphatic rings. The Labute approximate surface area is 169 Å². The van der Waals surface area contributed by atoms with Crippen molar-refractivity contribution in [2.45, 2.75) is 19.3 Å². The molecule has 2 heterocycles. The largest absolute Gasteiger partial charge is 0.412 e. The highest BCUT2D eigenvalue weighted by Crippen LogP contribution is 2.32. The average molecular weight is 468 g/mol. The molecule has 0 bridgehead atoms. The van der Waals surface area contributed by atoms with Gasteiger partial charge in [-0.05, 0) is 31.4 Å². The lowest BCUT2D eigenvalue weighted by molar-refractivity contribution is 0.579. The molecule has 3 nitrogen and oxygen atoms in total. The van der Waals surface area contributed by atoms with Gasteiger partial charge in [-0.2, -0.15) is 0 Å². The van der Waals surface area contributed by atoms with Crippen LogP contribution in [0.2, 0.25) is 0 Å². The van der Waals surface area contributed by atoms with Crippen LogP contribution in [0.3, 0.4) is 0 Å².